The number of ether oxygens (including phenoxy) is 1. The molecule has 3 nitrogen and oxygen atoms in total. The predicted octanol–water partition coefficient (Wildman–Crippen LogP) is 5.05. The maximum atomic E-state index is 11.8. The van der Waals surface area contributed by atoms with Gasteiger partial charge in [-0.3, -0.25) is 0 Å². The first-order valence-corrected chi connectivity index (χ1v) is 12.4. The van der Waals surface area contributed by atoms with Gasteiger partial charge in [-0.15, -0.1) is 0 Å². The van der Waals surface area contributed by atoms with E-state index in [2.05, 4.69) is 38.8 Å². The molecule has 0 aromatic carbocycles. The Morgan fingerprint density at radius 1 is 1.24 bits per heavy atom. The molecule has 1 N–H and O–H groups in total. The Morgan fingerprint density at radius 2 is 1.86 bits per heavy atom. The summed E-state index contributed by atoms with van der Waals surface area (Å²) in [6, 6.07) is 1.04. The Kier molecular flexibility index (Phi) is 7.24. The SMILES string of the molecule is CCC(CNC(=O)OCC[Si](C)(C)C)C1(C)CCCCC1. The van der Waals surface area contributed by atoms with Crippen LogP contribution in [0.25, 0.3) is 0 Å². The Balaban J connectivity index is 2.32. The Hall–Kier alpha value is -0.513. The molecule has 1 aliphatic carbocycles. The topological polar surface area (TPSA) is 38.3 Å². The van der Waals surface area contributed by atoms with Crippen molar-refractivity contribution in [2.24, 2.45) is 11.3 Å². The van der Waals surface area contributed by atoms with Crippen LogP contribution < -0.4 is 5.32 Å². The lowest BCUT2D eigenvalue weighted by molar-refractivity contribution is 0.106. The fraction of sp³-hybridized carbons (Fsp3) is 0.941. The second-order valence-electron chi connectivity index (χ2n) is 8.15. The number of hydrogen-bond acceptors (Lipinski definition) is 2. The molecule has 0 radical (unpaired) electrons. The minimum Gasteiger partial charge on any atom is -0.450 e. The molecule has 1 fully saturated rings. The zero-order chi connectivity index (χ0) is 15.9. The number of carbonyl (C=O) groups is 1. The zero-order valence-electron chi connectivity index (χ0n) is 14.8. The van der Waals surface area contributed by atoms with Crippen molar-refractivity contribution in [2.45, 2.75) is 78.1 Å². The van der Waals surface area contributed by atoms with Gasteiger partial charge in [0.25, 0.3) is 0 Å². The smallest absolute Gasteiger partial charge is 0.407 e. The number of hydrogen-bond donors (Lipinski definition) is 1. The predicted molar refractivity (Wildman–Crippen MR) is 92.5 cm³/mol. The number of alkyl carbamates (subject to hydrolysis) is 1. The summed E-state index contributed by atoms with van der Waals surface area (Å²) in [5, 5.41) is 3.00. The number of rotatable bonds is 7. The van der Waals surface area contributed by atoms with Crippen molar-refractivity contribution in [3.63, 3.8) is 0 Å². The maximum Gasteiger partial charge on any atom is 0.407 e. The molecule has 0 aromatic heterocycles. The fourth-order valence-corrected chi connectivity index (χ4v) is 4.07. The molecule has 21 heavy (non-hydrogen) atoms. The second-order valence-corrected chi connectivity index (χ2v) is 13.8. The van der Waals surface area contributed by atoms with Crippen LogP contribution in [0.2, 0.25) is 25.7 Å². The molecule has 0 saturated heterocycles. The zero-order valence-corrected chi connectivity index (χ0v) is 15.8. The number of nitrogens with one attached hydrogen (secondary N) is 1. The molecule has 1 rings (SSSR count). The number of carbonyl (C=O) groups excluding carboxylic acids is 1. The summed E-state index contributed by atoms with van der Waals surface area (Å²) in [5.74, 6) is 0.572. The standard InChI is InChI=1S/C17H35NO2Si/c1-6-15(17(2)10-8-7-9-11-17)14-18-16(19)20-12-13-21(3,4)5/h15H,6-14H2,1-5H3,(H,18,19). The highest BCUT2D eigenvalue weighted by molar-refractivity contribution is 6.76. The normalized spacial score (nSPS) is 19.9. The van der Waals surface area contributed by atoms with E-state index in [1.165, 1.54) is 32.1 Å². The third kappa shape index (κ3) is 6.85. The monoisotopic (exact) mass is 313 g/mol. The van der Waals surface area contributed by atoms with Crippen LogP contribution >= 0.6 is 0 Å². The van der Waals surface area contributed by atoms with Gasteiger partial charge in [-0.25, -0.2) is 4.79 Å². The van der Waals surface area contributed by atoms with Crippen LogP contribution in [-0.2, 0) is 4.74 Å². The van der Waals surface area contributed by atoms with E-state index in [1.807, 2.05) is 0 Å². The third-order valence-corrected chi connectivity index (χ3v) is 6.76. The van der Waals surface area contributed by atoms with Gasteiger partial charge in [0.2, 0.25) is 0 Å². The average Bonchev–Trinajstić information content (AvgIpc) is 2.38. The summed E-state index contributed by atoms with van der Waals surface area (Å²) in [7, 11) is -1.12. The lowest BCUT2D eigenvalue weighted by Gasteiger charge is -2.40. The first kappa shape index (κ1) is 18.5. The largest absolute Gasteiger partial charge is 0.450 e. The highest BCUT2D eigenvalue weighted by Crippen LogP contribution is 2.43. The quantitative estimate of drug-likeness (QED) is 0.668. The summed E-state index contributed by atoms with van der Waals surface area (Å²) in [6.07, 6.45) is 7.56. The number of amides is 1. The first-order chi connectivity index (χ1) is 9.77. The van der Waals surface area contributed by atoms with Gasteiger partial charge >= 0.3 is 6.09 Å². The van der Waals surface area contributed by atoms with E-state index in [9.17, 15) is 4.79 Å². The van der Waals surface area contributed by atoms with Crippen molar-refractivity contribution in [3.05, 3.63) is 0 Å². The van der Waals surface area contributed by atoms with E-state index in [0.29, 0.717) is 17.9 Å². The van der Waals surface area contributed by atoms with E-state index >= 15 is 0 Å². The summed E-state index contributed by atoms with van der Waals surface area (Å²) in [4.78, 5) is 11.8. The van der Waals surface area contributed by atoms with Crippen molar-refractivity contribution < 1.29 is 9.53 Å². The Morgan fingerprint density at radius 3 is 2.38 bits per heavy atom. The van der Waals surface area contributed by atoms with Crippen molar-refractivity contribution in [2.75, 3.05) is 13.2 Å². The molecule has 0 aromatic rings. The lowest BCUT2D eigenvalue weighted by Crippen LogP contribution is -2.39. The lowest BCUT2D eigenvalue weighted by atomic mass is 9.66. The fourth-order valence-electron chi connectivity index (χ4n) is 3.36. The third-order valence-electron chi connectivity index (χ3n) is 5.05. The molecule has 124 valence electrons. The molecule has 1 saturated carbocycles. The molecular formula is C17H35NO2Si. The minimum atomic E-state index is -1.12. The maximum absolute atomic E-state index is 11.8. The summed E-state index contributed by atoms with van der Waals surface area (Å²) >= 11 is 0. The van der Waals surface area contributed by atoms with Crippen LogP contribution in [0.3, 0.4) is 0 Å². The summed E-state index contributed by atoms with van der Waals surface area (Å²) in [5.41, 5.74) is 0.401. The van der Waals surface area contributed by atoms with E-state index < -0.39 is 8.07 Å². The van der Waals surface area contributed by atoms with Crippen molar-refractivity contribution in [3.8, 4) is 0 Å². The van der Waals surface area contributed by atoms with Gasteiger partial charge in [-0.2, -0.15) is 0 Å². The van der Waals surface area contributed by atoms with Gasteiger partial charge in [0.1, 0.15) is 0 Å². The molecule has 0 bridgehead atoms. The van der Waals surface area contributed by atoms with Gasteiger partial charge in [0.05, 0.1) is 6.61 Å². The van der Waals surface area contributed by atoms with Gasteiger partial charge in [-0.1, -0.05) is 59.2 Å². The van der Waals surface area contributed by atoms with Crippen LogP contribution in [0.5, 0.6) is 0 Å². The molecular weight excluding hydrogens is 278 g/mol. The molecule has 0 heterocycles. The molecule has 1 amide bonds. The van der Waals surface area contributed by atoms with Crippen LogP contribution in [0.1, 0.15) is 52.4 Å². The summed E-state index contributed by atoms with van der Waals surface area (Å²) in [6.45, 7) is 12.9. The second kappa shape index (κ2) is 8.21. The molecule has 0 aliphatic heterocycles. The van der Waals surface area contributed by atoms with Crippen LogP contribution in [0.4, 0.5) is 4.79 Å². The highest BCUT2D eigenvalue weighted by atomic mass is 28.3. The first-order valence-electron chi connectivity index (χ1n) is 8.67. The molecule has 1 atom stereocenters. The minimum absolute atomic E-state index is 0.230. The molecule has 4 heteroatoms. The van der Waals surface area contributed by atoms with Gasteiger partial charge in [-0.05, 0) is 30.2 Å². The van der Waals surface area contributed by atoms with Crippen molar-refractivity contribution >= 4 is 14.2 Å². The van der Waals surface area contributed by atoms with Gasteiger partial charge < -0.3 is 10.1 Å². The van der Waals surface area contributed by atoms with E-state index in [-0.39, 0.29) is 6.09 Å². The molecule has 0 spiro atoms. The Labute approximate surface area is 132 Å². The average molecular weight is 314 g/mol. The van der Waals surface area contributed by atoms with Crippen molar-refractivity contribution in [1.29, 1.82) is 0 Å². The van der Waals surface area contributed by atoms with E-state index in [0.717, 1.165) is 19.0 Å². The molecule has 1 unspecified atom stereocenters. The highest BCUT2D eigenvalue weighted by Gasteiger charge is 2.34. The van der Waals surface area contributed by atoms with E-state index in [4.69, 9.17) is 4.74 Å². The van der Waals surface area contributed by atoms with Crippen LogP contribution in [0, 0.1) is 11.3 Å². The summed E-state index contributed by atoms with van der Waals surface area (Å²) < 4.78 is 5.32. The van der Waals surface area contributed by atoms with Gasteiger partial charge in [0, 0.05) is 14.6 Å². The van der Waals surface area contributed by atoms with Crippen LogP contribution in [-0.4, -0.2) is 27.3 Å². The van der Waals surface area contributed by atoms with E-state index in [1.54, 1.807) is 0 Å². The van der Waals surface area contributed by atoms with Crippen LogP contribution in [0.15, 0.2) is 0 Å². The van der Waals surface area contributed by atoms with Crippen molar-refractivity contribution in [1.82, 2.24) is 5.32 Å². The Bertz CT molecular complexity index is 319. The van der Waals surface area contributed by atoms with Gasteiger partial charge in [0.15, 0.2) is 0 Å². The molecule has 1 aliphatic rings.